The average Bonchev–Trinajstić information content (AvgIpc) is 3.07. The molecule has 0 spiro atoms. The smallest absolute Gasteiger partial charge is 0.147 e. The van der Waals surface area contributed by atoms with E-state index in [0.29, 0.717) is 3.63 Å². The Hall–Kier alpha value is -0.790. The van der Waals surface area contributed by atoms with Crippen molar-refractivity contribution in [2.75, 3.05) is 0 Å². The molecule has 0 aromatic heterocycles. The summed E-state index contributed by atoms with van der Waals surface area (Å²) in [6.45, 7) is 9.50. The maximum absolute atomic E-state index is 2.79. The Bertz CT molecular complexity index is 950. The molecular formula is C25H33Cl2SiZr. The van der Waals surface area contributed by atoms with Crippen molar-refractivity contribution >= 4 is 42.7 Å². The van der Waals surface area contributed by atoms with E-state index < -0.39 is 27.9 Å². The van der Waals surface area contributed by atoms with Gasteiger partial charge in [-0.15, -0.1) is 24.8 Å². The van der Waals surface area contributed by atoms with E-state index in [1.807, 2.05) is 0 Å². The van der Waals surface area contributed by atoms with Gasteiger partial charge >= 0.3 is 171 Å². The second-order valence-electron chi connectivity index (χ2n) is 8.71. The van der Waals surface area contributed by atoms with Crippen LogP contribution < -0.4 is 0 Å². The Balaban J connectivity index is 0.00000210. The van der Waals surface area contributed by atoms with Crippen molar-refractivity contribution in [3.05, 3.63) is 98.5 Å². The van der Waals surface area contributed by atoms with Crippen molar-refractivity contribution in [2.24, 2.45) is 0 Å². The average molecular weight is 524 g/mol. The van der Waals surface area contributed by atoms with Crippen molar-refractivity contribution in [3.63, 3.8) is 0 Å². The molecule has 0 nitrogen and oxygen atoms in total. The number of benzene rings is 2. The molecule has 0 saturated carbocycles. The van der Waals surface area contributed by atoms with Crippen LogP contribution in [0, 0.1) is 0 Å². The van der Waals surface area contributed by atoms with Gasteiger partial charge in [0.1, 0.15) is 0 Å². The van der Waals surface area contributed by atoms with E-state index in [4.69, 9.17) is 0 Å². The van der Waals surface area contributed by atoms with Gasteiger partial charge in [0.05, 0.1) is 0 Å². The fourth-order valence-electron chi connectivity index (χ4n) is 3.99. The van der Waals surface area contributed by atoms with E-state index in [9.17, 15) is 0 Å². The molecule has 0 fully saturated rings. The van der Waals surface area contributed by atoms with Crippen molar-refractivity contribution < 1.29 is 19.8 Å². The molecule has 4 heteroatoms. The van der Waals surface area contributed by atoms with E-state index >= 15 is 0 Å². The van der Waals surface area contributed by atoms with Crippen LogP contribution in [-0.4, -0.2) is 11.8 Å². The zero-order chi connectivity index (χ0) is 19.5. The van der Waals surface area contributed by atoms with Gasteiger partial charge < -0.3 is 0 Å². The SMILES string of the molecule is CC=C(C=[CH][Zr]([CH3])(=[CH]c1ccccc1)[CH]1C=Cc2ccccc21)[Si](C)(C)C.Cl.Cl. The van der Waals surface area contributed by atoms with Crippen LogP contribution >= 0.6 is 24.8 Å². The molecule has 0 bridgehead atoms. The van der Waals surface area contributed by atoms with Crippen LogP contribution in [0.25, 0.3) is 6.08 Å². The number of hydrogen-bond acceptors (Lipinski definition) is 0. The number of fused-ring (bicyclic) bond motifs is 1. The van der Waals surface area contributed by atoms with Crippen molar-refractivity contribution in [1.29, 1.82) is 0 Å². The molecule has 2 aromatic carbocycles. The molecule has 0 aliphatic heterocycles. The third kappa shape index (κ3) is 6.34. The number of rotatable bonds is 5. The molecule has 1 aliphatic carbocycles. The predicted octanol–water partition coefficient (Wildman–Crippen LogP) is 7.99. The third-order valence-corrected chi connectivity index (χ3v) is 16.8. The zero-order valence-electron chi connectivity index (χ0n) is 18.1. The molecule has 1 aliphatic rings. The summed E-state index contributed by atoms with van der Waals surface area (Å²) in [5, 5.41) is 1.56. The third-order valence-electron chi connectivity index (χ3n) is 5.55. The fourth-order valence-corrected chi connectivity index (χ4v) is 14.1. The van der Waals surface area contributed by atoms with Gasteiger partial charge in [0, 0.05) is 0 Å². The Labute approximate surface area is 194 Å². The van der Waals surface area contributed by atoms with Gasteiger partial charge in [0.25, 0.3) is 0 Å². The minimum absolute atomic E-state index is 0. The maximum atomic E-state index is 2.65. The Morgan fingerprint density at radius 1 is 0.931 bits per heavy atom. The maximum Gasteiger partial charge on any atom is -0.147 e. The molecule has 2 aromatic rings. The largest absolute Gasteiger partial charge is 0.147 e. The standard InChI is InChI=1S/C9H7.C8H15Si.C7H6.CH3.2ClH.Zr/c1-2-5-9-7-3-6-8(9)4-1;1-6-8(7-2)9(3,4)5;1-7-5-3-2-4-6-7;;;;/h1-7H;1,6-7H,2-5H3;1-6H;1H3;2*1H;. The van der Waals surface area contributed by atoms with Gasteiger partial charge in [-0.3, -0.25) is 0 Å². The molecular weight excluding hydrogens is 490 g/mol. The predicted molar refractivity (Wildman–Crippen MR) is 136 cm³/mol. The monoisotopic (exact) mass is 521 g/mol. The molecule has 0 radical (unpaired) electrons. The van der Waals surface area contributed by atoms with Crippen LogP contribution in [0.5, 0.6) is 0 Å². The topological polar surface area (TPSA) is 0 Å². The summed E-state index contributed by atoms with van der Waals surface area (Å²) in [5.74, 6) is 0. The molecule has 155 valence electrons. The summed E-state index contributed by atoms with van der Waals surface area (Å²) in [4.78, 5) is 0. The van der Waals surface area contributed by atoms with Gasteiger partial charge in [-0.2, -0.15) is 0 Å². The van der Waals surface area contributed by atoms with Crippen molar-refractivity contribution in [2.45, 2.75) is 34.8 Å². The van der Waals surface area contributed by atoms with Crippen LogP contribution in [0.4, 0.5) is 0 Å². The first-order valence-corrected chi connectivity index (χ1v) is 20.1. The number of hydrogen-bond donors (Lipinski definition) is 0. The zero-order valence-corrected chi connectivity index (χ0v) is 23.1. The summed E-state index contributed by atoms with van der Waals surface area (Å²) >= 11 is -2.79. The molecule has 3 rings (SSSR count). The first-order chi connectivity index (χ1) is 12.8. The minimum atomic E-state index is -2.79. The van der Waals surface area contributed by atoms with E-state index in [1.54, 1.807) is 5.20 Å². The first-order valence-electron chi connectivity index (χ1n) is 9.87. The summed E-state index contributed by atoms with van der Waals surface area (Å²) in [6, 6.07) is 19.8. The first kappa shape index (κ1) is 26.2. The van der Waals surface area contributed by atoms with E-state index in [0.717, 1.165) is 0 Å². The second kappa shape index (κ2) is 11.0. The number of allylic oxidation sites excluding steroid dienone is 4. The van der Waals surface area contributed by atoms with Gasteiger partial charge in [0.15, 0.2) is 0 Å². The second-order valence-corrected chi connectivity index (χ2v) is 23.6. The van der Waals surface area contributed by atoms with Crippen LogP contribution in [-0.2, 0) is 19.8 Å². The fraction of sp³-hybridized carbons (Fsp3) is 0.240. The van der Waals surface area contributed by atoms with Gasteiger partial charge in [-0.25, -0.2) is 0 Å². The molecule has 0 heterocycles. The van der Waals surface area contributed by atoms with Crippen LogP contribution in [0.2, 0.25) is 24.3 Å². The molecule has 2 atom stereocenters. The van der Waals surface area contributed by atoms with E-state index in [1.165, 1.54) is 16.7 Å². The van der Waals surface area contributed by atoms with E-state index in [-0.39, 0.29) is 24.8 Å². The summed E-state index contributed by atoms with van der Waals surface area (Å²) in [5.41, 5.74) is 4.28. The molecule has 0 N–H and O–H groups in total. The Kier molecular flexibility index (Phi) is 9.96. The number of halogens is 2. The van der Waals surface area contributed by atoms with Gasteiger partial charge in [-0.1, -0.05) is 0 Å². The molecule has 2 unspecified atom stereocenters. The minimum Gasteiger partial charge on any atom is -0.147 e. The van der Waals surface area contributed by atoms with Gasteiger partial charge in [-0.05, 0) is 0 Å². The summed E-state index contributed by atoms with van der Waals surface area (Å²) < 4.78 is 8.42. The Morgan fingerprint density at radius 3 is 2.17 bits per heavy atom. The van der Waals surface area contributed by atoms with Crippen LogP contribution in [0.15, 0.2) is 81.8 Å². The molecule has 0 amide bonds. The van der Waals surface area contributed by atoms with Crippen LogP contribution in [0.3, 0.4) is 0 Å². The van der Waals surface area contributed by atoms with Crippen molar-refractivity contribution in [3.8, 4) is 0 Å². The molecule has 29 heavy (non-hydrogen) atoms. The molecule has 0 saturated heterocycles. The van der Waals surface area contributed by atoms with E-state index in [2.05, 4.69) is 118 Å². The Morgan fingerprint density at radius 2 is 1.55 bits per heavy atom. The normalized spacial score (nSPS) is 17.8. The van der Waals surface area contributed by atoms with Crippen LogP contribution in [0.1, 0.15) is 27.2 Å². The van der Waals surface area contributed by atoms with Crippen molar-refractivity contribution in [1.82, 2.24) is 0 Å². The quantitative estimate of drug-likeness (QED) is 0.275. The van der Waals surface area contributed by atoms with Gasteiger partial charge in [0.2, 0.25) is 0 Å². The summed E-state index contributed by atoms with van der Waals surface area (Å²) in [7, 11) is -1.31. The summed E-state index contributed by atoms with van der Waals surface area (Å²) in [6.07, 6.45) is 9.61.